The number of carbonyl (C=O) groups is 1. The highest BCUT2D eigenvalue weighted by Gasteiger charge is 2.31. The second-order valence-corrected chi connectivity index (χ2v) is 6.15. The number of esters is 1. The predicted molar refractivity (Wildman–Crippen MR) is 74.3 cm³/mol. The van der Waals surface area contributed by atoms with Crippen molar-refractivity contribution >= 4 is 17.7 Å². The summed E-state index contributed by atoms with van der Waals surface area (Å²) in [5, 5.41) is 0. The van der Waals surface area contributed by atoms with E-state index in [4.69, 9.17) is 9.47 Å². The Labute approximate surface area is 113 Å². The standard InChI is InChI=1S/C14H20O3S/c1-6-17-13(15)14(3,4)18-12-9-10(2)7-8-11(12)16-5/h7-9H,6H2,1-5H3. The van der Waals surface area contributed by atoms with Crippen molar-refractivity contribution in [2.75, 3.05) is 13.7 Å². The van der Waals surface area contributed by atoms with E-state index in [1.54, 1.807) is 7.11 Å². The third-order valence-electron chi connectivity index (χ3n) is 2.45. The summed E-state index contributed by atoms with van der Waals surface area (Å²) < 4.78 is 9.77. The molecule has 0 radical (unpaired) electrons. The highest BCUT2D eigenvalue weighted by atomic mass is 32.2. The lowest BCUT2D eigenvalue weighted by Gasteiger charge is -2.22. The normalized spacial score (nSPS) is 11.2. The Morgan fingerprint density at radius 3 is 2.61 bits per heavy atom. The van der Waals surface area contributed by atoms with Gasteiger partial charge in [0, 0.05) is 0 Å². The summed E-state index contributed by atoms with van der Waals surface area (Å²) in [6, 6.07) is 5.92. The van der Waals surface area contributed by atoms with Crippen LogP contribution in [-0.2, 0) is 9.53 Å². The lowest BCUT2D eigenvalue weighted by atomic mass is 10.2. The maximum Gasteiger partial charge on any atom is 0.321 e. The van der Waals surface area contributed by atoms with Gasteiger partial charge in [0.25, 0.3) is 0 Å². The minimum Gasteiger partial charge on any atom is -0.496 e. The van der Waals surface area contributed by atoms with Gasteiger partial charge in [0.05, 0.1) is 18.6 Å². The van der Waals surface area contributed by atoms with Crippen molar-refractivity contribution in [3.05, 3.63) is 23.8 Å². The molecule has 18 heavy (non-hydrogen) atoms. The molecule has 0 saturated heterocycles. The first-order chi connectivity index (χ1) is 8.40. The Kier molecular flexibility index (Phi) is 5.08. The van der Waals surface area contributed by atoms with Gasteiger partial charge in [-0.1, -0.05) is 6.07 Å². The summed E-state index contributed by atoms with van der Waals surface area (Å²) in [5.74, 6) is 0.571. The van der Waals surface area contributed by atoms with Gasteiger partial charge in [0.2, 0.25) is 0 Å². The molecular weight excluding hydrogens is 248 g/mol. The van der Waals surface area contributed by atoms with Crippen LogP contribution in [0.15, 0.2) is 23.1 Å². The third-order valence-corrected chi connectivity index (χ3v) is 3.67. The third kappa shape index (κ3) is 3.67. The molecule has 0 aliphatic rings. The fourth-order valence-corrected chi connectivity index (χ4v) is 2.67. The smallest absolute Gasteiger partial charge is 0.321 e. The summed E-state index contributed by atoms with van der Waals surface area (Å²) in [6.07, 6.45) is 0. The molecule has 1 aromatic rings. The largest absolute Gasteiger partial charge is 0.496 e. The van der Waals surface area contributed by atoms with E-state index in [1.807, 2.05) is 45.9 Å². The van der Waals surface area contributed by atoms with Crippen molar-refractivity contribution in [2.24, 2.45) is 0 Å². The van der Waals surface area contributed by atoms with Gasteiger partial charge in [-0.05, 0) is 45.4 Å². The van der Waals surface area contributed by atoms with Crippen LogP contribution >= 0.6 is 11.8 Å². The molecular formula is C14H20O3S. The second kappa shape index (κ2) is 6.14. The quantitative estimate of drug-likeness (QED) is 0.605. The van der Waals surface area contributed by atoms with Crippen LogP contribution < -0.4 is 4.74 Å². The van der Waals surface area contributed by atoms with Crippen LogP contribution in [0, 0.1) is 6.92 Å². The Morgan fingerprint density at radius 1 is 1.39 bits per heavy atom. The van der Waals surface area contributed by atoms with E-state index < -0.39 is 4.75 Å². The first-order valence-electron chi connectivity index (χ1n) is 5.91. The van der Waals surface area contributed by atoms with Gasteiger partial charge in [0.1, 0.15) is 10.5 Å². The number of thioether (sulfide) groups is 1. The van der Waals surface area contributed by atoms with Gasteiger partial charge < -0.3 is 9.47 Å². The summed E-state index contributed by atoms with van der Waals surface area (Å²) in [6.45, 7) is 7.94. The van der Waals surface area contributed by atoms with Gasteiger partial charge in [-0.25, -0.2) is 0 Å². The average molecular weight is 268 g/mol. The van der Waals surface area contributed by atoms with E-state index in [9.17, 15) is 4.79 Å². The lowest BCUT2D eigenvalue weighted by molar-refractivity contribution is -0.145. The van der Waals surface area contributed by atoms with Gasteiger partial charge in [-0.3, -0.25) is 4.79 Å². The van der Waals surface area contributed by atoms with Crippen LogP contribution in [0.5, 0.6) is 5.75 Å². The first kappa shape index (κ1) is 14.9. The van der Waals surface area contributed by atoms with Crippen LogP contribution in [0.1, 0.15) is 26.3 Å². The van der Waals surface area contributed by atoms with Gasteiger partial charge in [0.15, 0.2) is 0 Å². The molecule has 0 N–H and O–H groups in total. The first-order valence-corrected chi connectivity index (χ1v) is 6.73. The Hall–Kier alpha value is -1.16. The molecule has 0 heterocycles. The number of hydrogen-bond donors (Lipinski definition) is 0. The monoisotopic (exact) mass is 268 g/mol. The van der Waals surface area contributed by atoms with Crippen molar-refractivity contribution in [2.45, 2.75) is 37.3 Å². The minimum atomic E-state index is -0.628. The van der Waals surface area contributed by atoms with Crippen molar-refractivity contribution in [1.29, 1.82) is 0 Å². The Morgan fingerprint density at radius 2 is 2.06 bits per heavy atom. The Balaban J connectivity index is 2.95. The molecule has 0 atom stereocenters. The number of methoxy groups -OCH3 is 1. The van der Waals surface area contributed by atoms with Crippen LogP contribution in [0.2, 0.25) is 0 Å². The molecule has 0 unspecified atom stereocenters. The summed E-state index contributed by atoms with van der Waals surface area (Å²) in [4.78, 5) is 12.8. The highest BCUT2D eigenvalue weighted by Crippen LogP contribution is 2.39. The molecule has 0 saturated carbocycles. The highest BCUT2D eigenvalue weighted by molar-refractivity contribution is 8.01. The van der Waals surface area contributed by atoms with Crippen LogP contribution in [0.3, 0.4) is 0 Å². The molecule has 0 aliphatic carbocycles. The minimum absolute atomic E-state index is 0.210. The van der Waals surface area contributed by atoms with E-state index in [0.29, 0.717) is 6.61 Å². The topological polar surface area (TPSA) is 35.5 Å². The Bertz CT molecular complexity index is 427. The predicted octanol–water partition coefficient (Wildman–Crippen LogP) is 3.44. The zero-order valence-corrected chi connectivity index (χ0v) is 12.4. The number of benzene rings is 1. The molecule has 1 rings (SSSR count). The number of rotatable bonds is 5. The maximum atomic E-state index is 11.9. The fourth-order valence-electron chi connectivity index (χ4n) is 1.49. The second-order valence-electron chi connectivity index (χ2n) is 4.49. The summed E-state index contributed by atoms with van der Waals surface area (Å²) in [5.41, 5.74) is 1.14. The van der Waals surface area contributed by atoms with E-state index in [-0.39, 0.29) is 5.97 Å². The lowest BCUT2D eigenvalue weighted by Crippen LogP contribution is -2.30. The summed E-state index contributed by atoms with van der Waals surface area (Å²) in [7, 11) is 1.63. The van der Waals surface area contributed by atoms with Crippen molar-refractivity contribution in [3.8, 4) is 5.75 Å². The molecule has 0 fully saturated rings. The van der Waals surface area contributed by atoms with E-state index >= 15 is 0 Å². The van der Waals surface area contributed by atoms with Crippen molar-refractivity contribution in [1.82, 2.24) is 0 Å². The zero-order chi connectivity index (χ0) is 13.8. The maximum absolute atomic E-state index is 11.9. The zero-order valence-electron chi connectivity index (χ0n) is 11.6. The van der Waals surface area contributed by atoms with Gasteiger partial charge >= 0.3 is 5.97 Å². The van der Waals surface area contributed by atoms with Gasteiger partial charge in [-0.2, -0.15) is 0 Å². The van der Waals surface area contributed by atoms with Gasteiger partial charge in [-0.15, -0.1) is 11.8 Å². The molecule has 0 aliphatic heterocycles. The van der Waals surface area contributed by atoms with Crippen LogP contribution in [0.25, 0.3) is 0 Å². The number of hydrogen-bond acceptors (Lipinski definition) is 4. The van der Waals surface area contributed by atoms with E-state index in [2.05, 4.69) is 0 Å². The van der Waals surface area contributed by atoms with Crippen LogP contribution in [-0.4, -0.2) is 24.4 Å². The molecule has 0 aromatic heterocycles. The molecule has 0 spiro atoms. The molecule has 3 nitrogen and oxygen atoms in total. The number of ether oxygens (including phenoxy) is 2. The summed E-state index contributed by atoms with van der Waals surface area (Å²) >= 11 is 1.46. The van der Waals surface area contributed by atoms with E-state index in [1.165, 1.54) is 11.8 Å². The molecule has 100 valence electrons. The number of carbonyl (C=O) groups excluding carboxylic acids is 1. The molecule has 0 bridgehead atoms. The van der Waals surface area contributed by atoms with Crippen molar-refractivity contribution < 1.29 is 14.3 Å². The fraction of sp³-hybridized carbons (Fsp3) is 0.500. The van der Waals surface area contributed by atoms with Crippen molar-refractivity contribution in [3.63, 3.8) is 0 Å². The molecule has 4 heteroatoms. The SMILES string of the molecule is CCOC(=O)C(C)(C)Sc1cc(C)ccc1OC. The van der Waals surface area contributed by atoms with Crippen LogP contribution in [0.4, 0.5) is 0 Å². The van der Waals surface area contributed by atoms with E-state index in [0.717, 1.165) is 16.2 Å². The molecule has 1 aromatic carbocycles. The average Bonchev–Trinajstić information content (AvgIpc) is 2.29. The number of aryl methyl sites for hydroxylation is 1. The molecule has 0 amide bonds.